The van der Waals surface area contributed by atoms with Crippen molar-refractivity contribution >= 4 is 21.0 Å². The van der Waals surface area contributed by atoms with E-state index in [2.05, 4.69) is 21.0 Å². The molecule has 1 aliphatic carbocycles. The minimum atomic E-state index is -5.84. The molecule has 0 spiro atoms. The van der Waals surface area contributed by atoms with Gasteiger partial charge in [0.2, 0.25) is 0 Å². The van der Waals surface area contributed by atoms with Crippen LogP contribution in [0.2, 0.25) is 0 Å². The van der Waals surface area contributed by atoms with Gasteiger partial charge in [-0.25, -0.2) is 23.4 Å². The van der Waals surface area contributed by atoms with Crippen molar-refractivity contribution in [1.82, 2.24) is 24.1 Å². The molecule has 0 radical (unpaired) electrons. The third kappa shape index (κ3) is 4.07. The molecule has 8 nitrogen and oxygen atoms in total. The highest BCUT2D eigenvalue weighted by molar-refractivity contribution is 7.91. The van der Waals surface area contributed by atoms with Gasteiger partial charge in [-0.05, 0) is 30.5 Å². The maximum absolute atomic E-state index is 14.0. The van der Waals surface area contributed by atoms with Crippen molar-refractivity contribution in [2.45, 2.75) is 42.3 Å². The molecule has 0 bridgehead atoms. The number of benzene rings is 1. The highest BCUT2D eigenvalue weighted by Gasteiger charge is 2.59. The van der Waals surface area contributed by atoms with E-state index in [9.17, 15) is 35.6 Å². The number of nitrogens with zero attached hydrogens (tertiary/aromatic N) is 6. The zero-order valence-corrected chi connectivity index (χ0v) is 21.7. The first-order chi connectivity index (χ1) is 18.2. The molecule has 4 aromatic rings. The number of fused-ring (bicyclic) bond motifs is 1. The van der Waals surface area contributed by atoms with Crippen molar-refractivity contribution in [3.8, 4) is 29.0 Å². The molecular weight excluding hydrogens is 543 g/mol. The van der Waals surface area contributed by atoms with Gasteiger partial charge in [0.1, 0.15) is 17.0 Å². The number of aromatic nitrogens is 5. The number of imidazole rings is 2. The Morgan fingerprint density at radius 2 is 1.74 bits per heavy atom. The lowest BCUT2D eigenvalue weighted by molar-refractivity contribution is -0.289. The van der Waals surface area contributed by atoms with Crippen LogP contribution in [0.25, 0.3) is 34.1 Å². The van der Waals surface area contributed by atoms with Gasteiger partial charge in [0.05, 0.1) is 22.8 Å². The first-order valence-electron chi connectivity index (χ1n) is 11.8. The van der Waals surface area contributed by atoms with Gasteiger partial charge in [-0.15, -0.1) is 0 Å². The topological polar surface area (TPSA) is 106 Å². The summed E-state index contributed by atoms with van der Waals surface area (Å²) in [4.78, 5) is 12.5. The number of alkyl halides is 5. The minimum absolute atomic E-state index is 0.0366. The SMILES string of the molecule is CCS(=O)(=O)c1c(-c2nc3cc(C(F)(F)C(F)(F)F)cnc3n2C)nc(-c2cccc(C3(C#N)CC3)c2)n1C. The van der Waals surface area contributed by atoms with E-state index in [1.54, 1.807) is 18.2 Å². The van der Waals surface area contributed by atoms with Crippen molar-refractivity contribution in [2.24, 2.45) is 14.1 Å². The number of rotatable bonds is 6. The number of pyridine rings is 1. The average Bonchev–Trinajstić information content (AvgIpc) is 3.52. The largest absolute Gasteiger partial charge is 0.458 e. The van der Waals surface area contributed by atoms with Gasteiger partial charge in [-0.3, -0.25) is 0 Å². The summed E-state index contributed by atoms with van der Waals surface area (Å²) in [6, 6.07) is 9.94. The summed E-state index contributed by atoms with van der Waals surface area (Å²) < 4.78 is 95.7. The number of hydrogen-bond donors (Lipinski definition) is 0. The van der Waals surface area contributed by atoms with Gasteiger partial charge >= 0.3 is 12.1 Å². The summed E-state index contributed by atoms with van der Waals surface area (Å²) in [7, 11) is -0.993. The first kappa shape index (κ1) is 26.7. The summed E-state index contributed by atoms with van der Waals surface area (Å²) in [5.74, 6) is -5.28. The molecule has 0 N–H and O–H groups in total. The summed E-state index contributed by atoms with van der Waals surface area (Å²) >= 11 is 0. The van der Waals surface area contributed by atoms with Crippen LogP contribution in [-0.2, 0) is 35.3 Å². The van der Waals surface area contributed by atoms with Gasteiger partial charge in [-0.1, -0.05) is 25.1 Å². The fraction of sp³-hybridized carbons (Fsp3) is 0.360. The van der Waals surface area contributed by atoms with Gasteiger partial charge < -0.3 is 9.13 Å². The van der Waals surface area contributed by atoms with Crippen LogP contribution in [0, 0.1) is 11.3 Å². The van der Waals surface area contributed by atoms with E-state index < -0.39 is 32.9 Å². The van der Waals surface area contributed by atoms with Gasteiger partial charge in [0.15, 0.2) is 26.3 Å². The molecule has 3 heterocycles. The Kier molecular flexibility index (Phi) is 5.88. The van der Waals surface area contributed by atoms with Gasteiger partial charge in [0.25, 0.3) is 0 Å². The molecule has 5 rings (SSSR count). The number of aryl methyl sites for hydroxylation is 1. The summed E-state index contributed by atoms with van der Waals surface area (Å²) in [5, 5.41) is 9.40. The maximum Gasteiger partial charge on any atom is 0.458 e. The van der Waals surface area contributed by atoms with E-state index in [0.717, 1.165) is 5.56 Å². The molecule has 39 heavy (non-hydrogen) atoms. The van der Waals surface area contributed by atoms with Crippen molar-refractivity contribution in [1.29, 1.82) is 5.26 Å². The van der Waals surface area contributed by atoms with Crippen LogP contribution in [0.5, 0.6) is 0 Å². The van der Waals surface area contributed by atoms with Crippen LogP contribution in [0.4, 0.5) is 22.0 Å². The summed E-state index contributed by atoms with van der Waals surface area (Å²) in [5.41, 5.74) is -1.10. The quantitative estimate of drug-likeness (QED) is 0.304. The van der Waals surface area contributed by atoms with Crippen LogP contribution in [-0.4, -0.2) is 44.4 Å². The van der Waals surface area contributed by atoms with Crippen molar-refractivity contribution in [3.63, 3.8) is 0 Å². The molecule has 0 atom stereocenters. The third-order valence-corrected chi connectivity index (χ3v) is 8.81. The molecule has 1 aliphatic rings. The lowest BCUT2D eigenvalue weighted by Crippen LogP contribution is -2.33. The number of sulfone groups is 1. The van der Waals surface area contributed by atoms with Crippen LogP contribution >= 0.6 is 0 Å². The molecule has 0 amide bonds. The molecule has 1 aromatic carbocycles. The van der Waals surface area contributed by atoms with Crippen molar-refractivity contribution in [3.05, 3.63) is 47.7 Å². The Bertz CT molecular complexity index is 1780. The predicted octanol–water partition coefficient (Wildman–Crippen LogP) is 5.04. The van der Waals surface area contributed by atoms with E-state index in [0.29, 0.717) is 30.7 Å². The molecule has 0 saturated heterocycles. The van der Waals surface area contributed by atoms with Crippen LogP contribution in [0.15, 0.2) is 41.6 Å². The molecule has 204 valence electrons. The lowest BCUT2D eigenvalue weighted by atomic mass is 9.96. The zero-order valence-electron chi connectivity index (χ0n) is 20.9. The number of nitriles is 1. The third-order valence-electron chi connectivity index (χ3n) is 6.99. The summed E-state index contributed by atoms with van der Waals surface area (Å²) in [6.45, 7) is 1.44. The molecule has 14 heteroatoms. The monoisotopic (exact) mass is 564 g/mol. The van der Waals surface area contributed by atoms with E-state index in [1.165, 1.54) is 30.2 Å². The number of hydrogen-bond acceptors (Lipinski definition) is 6. The van der Waals surface area contributed by atoms with Crippen molar-refractivity contribution < 1.29 is 30.4 Å². The van der Waals surface area contributed by atoms with Crippen LogP contribution < -0.4 is 0 Å². The Morgan fingerprint density at radius 1 is 1.05 bits per heavy atom. The normalized spacial score (nSPS) is 15.5. The van der Waals surface area contributed by atoms with Gasteiger partial charge in [0, 0.05) is 25.9 Å². The van der Waals surface area contributed by atoms with E-state index in [4.69, 9.17) is 0 Å². The second-order valence-electron chi connectivity index (χ2n) is 9.46. The second kappa shape index (κ2) is 8.57. The molecule has 0 aliphatic heterocycles. The van der Waals surface area contributed by atoms with E-state index in [-0.39, 0.29) is 39.3 Å². The zero-order chi connectivity index (χ0) is 28.5. The molecule has 1 saturated carbocycles. The Balaban J connectivity index is 1.72. The van der Waals surface area contributed by atoms with E-state index >= 15 is 0 Å². The fourth-order valence-electron chi connectivity index (χ4n) is 4.55. The lowest BCUT2D eigenvalue weighted by Gasteiger charge is -2.19. The Hall–Kier alpha value is -3.86. The van der Waals surface area contributed by atoms with Gasteiger partial charge in [-0.2, -0.15) is 27.2 Å². The van der Waals surface area contributed by atoms with Crippen molar-refractivity contribution in [2.75, 3.05) is 5.75 Å². The predicted molar refractivity (Wildman–Crippen MR) is 130 cm³/mol. The smallest absolute Gasteiger partial charge is 0.318 e. The fourth-order valence-corrected chi connectivity index (χ4v) is 5.76. The Labute approximate surface area is 219 Å². The van der Waals surface area contributed by atoms with E-state index in [1.807, 2.05) is 6.07 Å². The highest BCUT2D eigenvalue weighted by atomic mass is 32.2. The Morgan fingerprint density at radius 3 is 2.33 bits per heavy atom. The maximum atomic E-state index is 14.0. The molecule has 0 unspecified atom stereocenters. The minimum Gasteiger partial charge on any atom is -0.318 e. The summed E-state index contributed by atoms with van der Waals surface area (Å²) in [6.07, 6.45) is -4.01. The van der Waals surface area contributed by atoms with Crippen LogP contribution in [0.3, 0.4) is 0 Å². The standard InChI is InChI=1S/C25H21F5N6O2S/c1-4-39(37,38)22-18(34-19(36(22)3)14-6-5-7-15(10-14)23(13-31)8-9-23)21-33-17-11-16(12-32-20(17)35(21)2)24(26,27)25(28,29)30/h5-7,10-12H,4,8-9H2,1-3H3. The molecule has 1 fully saturated rings. The first-order valence-corrected chi connectivity index (χ1v) is 13.4. The molecular formula is C25H21F5N6O2S. The second-order valence-corrected chi connectivity index (χ2v) is 11.7. The molecule has 3 aromatic heterocycles. The number of halogens is 5. The van der Waals surface area contributed by atoms with Crippen LogP contribution in [0.1, 0.15) is 30.9 Å². The average molecular weight is 565 g/mol. The highest BCUT2D eigenvalue weighted by Crippen LogP contribution is 2.48.